The van der Waals surface area contributed by atoms with E-state index in [4.69, 9.17) is 5.73 Å². The number of ketones is 1. The summed E-state index contributed by atoms with van der Waals surface area (Å²) in [4.78, 5) is 16.5. The Morgan fingerprint density at radius 2 is 1.46 bits per heavy atom. The number of phenolic OH excluding ortho intramolecular Hbond substituents is 2. The third-order valence-electron chi connectivity index (χ3n) is 3.37. The van der Waals surface area contributed by atoms with E-state index < -0.39 is 0 Å². The van der Waals surface area contributed by atoms with Crippen molar-refractivity contribution in [3.63, 3.8) is 0 Å². The van der Waals surface area contributed by atoms with Crippen molar-refractivity contribution in [1.29, 1.82) is 0 Å². The molecule has 0 bridgehead atoms. The van der Waals surface area contributed by atoms with Crippen molar-refractivity contribution in [2.45, 2.75) is 0 Å². The van der Waals surface area contributed by atoms with Crippen LogP contribution in [-0.2, 0) is 4.79 Å². The monoisotopic (exact) mass is 321 g/mol. The van der Waals surface area contributed by atoms with Crippen LogP contribution in [0.2, 0.25) is 0 Å². The maximum absolute atomic E-state index is 12.1. The summed E-state index contributed by atoms with van der Waals surface area (Å²) in [6.07, 6.45) is 2.87. The van der Waals surface area contributed by atoms with E-state index >= 15 is 0 Å². The number of allylic oxidation sites excluding steroid dienone is 2. The first kappa shape index (κ1) is 15.4. The summed E-state index contributed by atoms with van der Waals surface area (Å²) in [6.45, 7) is 0. The minimum Gasteiger partial charge on any atom is -0.508 e. The smallest absolute Gasteiger partial charge is 0.204 e. The lowest BCUT2D eigenvalue weighted by molar-refractivity contribution is -0.111. The lowest BCUT2D eigenvalue weighted by atomic mass is 10.1. The van der Waals surface area contributed by atoms with Gasteiger partial charge in [-0.05, 0) is 54.6 Å². The molecule has 120 valence electrons. The fourth-order valence-corrected chi connectivity index (χ4v) is 2.15. The van der Waals surface area contributed by atoms with E-state index in [1.807, 2.05) is 0 Å². The molecule has 1 aliphatic rings. The molecule has 2 aromatic rings. The highest BCUT2D eigenvalue weighted by molar-refractivity contribution is 6.23. The SMILES string of the molecule is NC1=CC(=O)C(Nc2ccc(O)cc2)=C/C1=N/c1ccc(O)cc1. The minimum atomic E-state index is -0.259. The lowest BCUT2D eigenvalue weighted by Crippen LogP contribution is -2.22. The number of nitrogens with one attached hydrogen (secondary N) is 1. The zero-order chi connectivity index (χ0) is 17.1. The molecule has 0 amide bonds. The second-order valence-electron chi connectivity index (χ2n) is 5.21. The van der Waals surface area contributed by atoms with Crippen LogP contribution < -0.4 is 11.1 Å². The van der Waals surface area contributed by atoms with Gasteiger partial charge in [0, 0.05) is 11.8 Å². The van der Waals surface area contributed by atoms with Gasteiger partial charge in [0.1, 0.15) is 11.5 Å². The Hall–Kier alpha value is -3.54. The third-order valence-corrected chi connectivity index (χ3v) is 3.37. The summed E-state index contributed by atoms with van der Waals surface area (Å²) in [5, 5.41) is 21.6. The molecule has 24 heavy (non-hydrogen) atoms. The van der Waals surface area contributed by atoms with Crippen LogP contribution in [0, 0.1) is 0 Å². The van der Waals surface area contributed by atoms with Gasteiger partial charge in [0.25, 0.3) is 0 Å². The van der Waals surface area contributed by atoms with Crippen molar-refractivity contribution >= 4 is 22.9 Å². The van der Waals surface area contributed by atoms with Crippen LogP contribution in [0.1, 0.15) is 0 Å². The Kier molecular flexibility index (Phi) is 4.03. The molecule has 6 heteroatoms. The van der Waals surface area contributed by atoms with E-state index in [-0.39, 0.29) is 23.0 Å². The molecule has 5 N–H and O–H groups in total. The van der Waals surface area contributed by atoms with Gasteiger partial charge in [0.2, 0.25) is 5.78 Å². The molecule has 0 aliphatic heterocycles. The van der Waals surface area contributed by atoms with Gasteiger partial charge in [0.05, 0.1) is 22.8 Å². The first-order valence-electron chi connectivity index (χ1n) is 7.18. The van der Waals surface area contributed by atoms with Gasteiger partial charge in [-0.25, -0.2) is 4.99 Å². The number of anilines is 1. The molecular formula is C18H15N3O3. The first-order valence-corrected chi connectivity index (χ1v) is 7.18. The molecule has 0 aromatic heterocycles. The van der Waals surface area contributed by atoms with Gasteiger partial charge in [-0.15, -0.1) is 0 Å². The number of phenols is 2. The molecule has 2 aromatic carbocycles. The molecule has 3 rings (SSSR count). The number of hydrogen-bond acceptors (Lipinski definition) is 6. The molecule has 0 saturated carbocycles. The summed E-state index contributed by atoms with van der Waals surface area (Å²) in [7, 11) is 0. The van der Waals surface area contributed by atoms with E-state index in [1.165, 1.54) is 30.3 Å². The number of carbonyl (C=O) groups is 1. The molecule has 0 unspecified atom stereocenters. The summed E-state index contributed by atoms with van der Waals surface area (Å²) in [5.74, 6) is 0.0277. The van der Waals surface area contributed by atoms with Crippen LogP contribution >= 0.6 is 0 Å². The van der Waals surface area contributed by atoms with Gasteiger partial charge in [-0.3, -0.25) is 4.79 Å². The average Bonchev–Trinajstić information content (AvgIpc) is 2.56. The summed E-state index contributed by atoms with van der Waals surface area (Å²) in [6, 6.07) is 12.7. The second kappa shape index (κ2) is 6.29. The number of nitrogens with zero attached hydrogens (tertiary/aromatic N) is 1. The molecular weight excluding hydrogens is 306 g/mol. The van der Waals surface area contributed by atoms with Gasteiger partial charge in [0.15, 0.2) is 0 Å². The van der Waals surface area contributed by atoms with Crippen LogP contribution in [0.3, 0.4) is 0 Å². The number of hydrogen-bond donors (Lipinski definition) is 4. The zero-order valence-electron chi connectivity index (χ0n) is 12.6. The zero-order valence-corrected chi connectivity index (χ0v) is 12.6. The van der Waals surface area contributed by atoms with E-state index in [0.29, 0.717) is 22.8 Å². The number of aromatic hydroxyl groups is 2. The summed E-state index contributed by atoms with van der Waals surface area (Å²) < 4.78 is 0. The van der Waals surface area contributed by atoms with Gasteiger partial charge in [-0.2, -0.15) is 0 Å². The predicted molar refractivity (Wildman–Crippen MR) is 92.3 cm³/mol. The number of carbonyl (C=O) groups excluding carboxylic acids is 1. The van der Waals surface area contributed by atoms with Gasteiger partial charge >= 0.3 is 0 Å². The third kappa shape index (κ3) is 3.44. The topological polar surface area (TPSA) is 108 Å². The molecule has 0 spiro atoms. The average molecular weight is 321 g/mol. The second-order valence-corrected chi connectivity index (χ2v) is 5.21. The first-order chi connectivity index (χ1) is 11.5. The highest BCUT2D eigenvalue weighted by Crippen LogP contribution is 2.21. The van der Waals surface area contributed by atoms with Crippen molar-refractivity contribution in [3.8, 4) is 11.5 Å². The molecule has 0 radical (unpaired) electrons. The number of benzene rings is 2. The van der Waals surface area contributed by atoms with E-state index in [9.17, 15) is 15.0 Å². The number of rotatable bonds is 3. The number of aliphatic imine (C=N–C) groups is 1. The van der Waals surface area contributed by atoms with Crippen molar-refractivity contribution < 1.29 is 15.0 Å². The predicted octanol–water partition coefficient (Wildman–Crippen LogP) is 2.59. The van der Waals surface area contributed by atoms with Crippen molar-refractivity contribution in [2.75, 3.05) is 5.32 Å². The standard InChI is InChI=1S/C18H15N3O3/c19-15-9-18(24)17(21-12-3-7-14(23)8-4-12)10-16(15)20-11-1-5-13(22)6-2-11/h1-10,21-23H,19H2/b20-16-. The maximum Gasteiger partial charge on any atom is 0.204 e. The Morgan fingerprint density at radius 1 is 0.875 bits per heavy atom. The maximum atomic E-state index is 12.1. The van der Waals surface area contributed by atoms with Crippen LogP contribution in [0.4, 0.5) is 11.4 Å². The largest absolute Gasteiger partial charge is 0.508 e. The van der Waals surface area contributed by atoms with Crippen LogP contribution in [-0.4, -0.2) is 21.7 Å². The molecule has 0 saturated heterocycles. The Labute approximate surface area is 138 Å². The Bertz CT molecular complexity index is 863. The van der Waals surface area contributed by atoms with Gasteiger partial charge in [-0.1, -0.05) is 0 Å². The molecule has 0 atom stereocenters. The van der Waals surface area contributed by atoms with Crippen molar-refractivity contribution in [1.82, 2.24) is 0 Å². The molecule has 0 fully saturated rings. The molecule has 1 aliphatic carbocycles. The highest BCUT2D eigenvalue weighted by Gasteiger charge is 2.17. The van der Waals surface area contributed by atoms with Crippen molar-refractivity contribution in [3.05, 3.63) is 72.1 Å². The van der Waals surface area contributed by atoms with Crippen LogP contribution in [0.25, 0.3) is 0 Å². The number of nitrogens with two attached hydrogens (primary N) is 1. The van der Waals surface area contributed by atoms with Crippen molar-refractivity contribution in [2.24, 2.45) is 10.7 Å². The Morgan fingerprint density at radius 3 is 2.08 bits per heavy atom. The fourth-order valence-electron chi connectivity index (χ4n) is 2.15. The summed E-state index contributed by atoms with van der Waals surface area (Å²) >= 11 is 0. The van der Waals surface area contributed by atoms with Gasteiger partial charge < -0.3 is 21.3 Å². The minimum absolute atomic E-state index is 0.142. The van der Waals surface area contributed by atoms with Crippen LogP contribution in [0.5, 0.6) is 11.5 Å². The molecule has 6 nitrogen and oxygen atoms in total. The van der Waals surface area contributed by atoms with E-state index in [1.54, 1.807) is 30.3 Å². The normalized spacial score (nSPS) is 15.8. The van der Waals surface area contributed by atoms with E-state index in [2.05, 4.69) is 10.3 Å². The Balaban J connectivity index is 1.90. The molecule has 0 heterocycles. The van der Waals surface area contributed by atoms with Crippen LogP contribution in [0.15, 0.2) is 77.1 Å². The quantitative estimate of drug-likeness (QED) is 0.513. The van der Waals surface area contributed by atoms with E-state index in [0.717, 1.165) is 0 Å². The fraction of sp³-hybridized carbons (Fsp3) is 0. The lowest BCUT2D eigenvalue weighted by Gasteiger charge is -2.14. The highest BCUT2D eigenvalue weighted by atomic mass is 16.3. The summed E-state index contributed by atoms with van der Waals surface area (Å²) in [5.41, 5.74) is 8.18.